The molecule has 0 fully saturated rings. The standard InChI is InChI=1S/C65H108O5/c1-3-5-7-9-11-13-15-17-19-21-23-25-27-28-29-30-31-32-33-34-35-36-38-40-42-44-46-48-50-52-54-56-58-60-65(68)70-63(61-66)62-69-64(67)59-57-55-53-51-49-47-45-43-41-39-37-26-24-22-20-18-16-14-12-10-8-6-4-2/h5,7,11,13,17,19,23,25,28-29,31-32,34-35,38,40,44,46,50,52,63,66H,3-4,6,8-10,12,14-16,18,20-22,24,26-27,30,33,36-37,39,41-43,45,47-49,51,53-62H2,1-2H3/b7-5-,13-11-,19-17-,25-23-,29-28-,32-31-,35-34-,40-38-,46-44-,52-50-. The van der Waals surface area contributed by atoms with Crippen LogP contribution < -0.4 is 0 Å². The van der Waals surface area contributed by atoms with Gasteiger partial charge < -0.3 is 14.6 Å². The van der Waals surface area contributed by atoms with Crippen molar-refractivity contribution in [2.75, 3.05) is 13.2 Å². The number of ether oxygens (including phenoxy) is 2. The maximum absolute atomic E-state index is 12.3. The van der Waals surface area contributed by atoms with Crippen molar-refractivity contribution in [3.63, 3.8) is 0 Å². The number of rotatable bonds is 52. The van der Waals surface area contributed by atoms with Crippen molar-refractivity contribution in [1.29, 1.82) is 0 Å². The number of carbonyl (C=O) groups excluding carboxylic acids is 2. The topological polar surface area (TPSA) is 72.8 Å². The molecule has 0 saturated heterocycles. The lowest BCUT2D eigenvalue weighted by Crippen LogP contribution is -2.28. The van der Waals surface area contributed by atoms with E-state index in [2.05, 4.69) is 135 Å². The molecule has 0 heterocycles. The van der Waals surface area contributed by atoms with Gasteiger partial charge in [0.15, 0.2) is 6.10 Å². The minimum Gasteiger partial charge on any atom is -0.462 e. The molecule has 0 aliphatic carbocycles. The second-order valence-corrected chi connectivity index (χ2v) is 19.0. The molecule has 0 bridgehead atoms. The smallest absolute Gasteiger partial charge is 0.306 e. The van der Waals surface area contributed by atoms with E-state index < -0.39 is 6.10 Å². The zero-order valence-electron chi connectivity index (χ0n) is 45.5. The highest BCUT2D eigenvalue weighted by molar-refractivity contribution is 5.70. The van der Waals surface area contributed by atoms with Crippen molar-refractivity contribution in [2.45, 2.75) is 264 Å². The number of carbonyl (C=O) groups is 2. The molecule has 0 radical (unpaired) electrons. The van der Waals surface area contributed by atoms with Crippen LogP contribution in [-0.4, -0.2) is 36.4 Å². The molecule has 0 aromatic rings. The van der Waals surface area contributed by atoms with E-state index >= 15 is 0 Å². The monoisotopic (exact) mass is 969 g/mol. The lowest BCUT2D eigenvalue weighted by Gasteiger charge is -2.15. The minimum atomic E-state index is -0.803. The van der Waals surface area contributed by atoms with Crippen LogP contribution in [0.2, 0.25) is 0 Å². The predicted octanol–water partition coefficient (Wildman–Crippen LogP) is 19.9. The van der Waals surface area contributed by atoms with E-state index in [9.17, 15) is 14.7 Å². The molecule has 5 heteroatoms. The summed E-state index contributed by atoms with van der Waals surface area (Å²) >= 11 is 0. The molecule has 1 atom stereocenters. The normalized spacial score (nSPS) is 13.1. The Labute approximate surface area is 433 Å². The second kappa shape index (κ2) is 59.6. The molecule has 0 spiro atoms. The van der Waals surface area contributed by atoms with Crippen LogP contribution >= 0.6 is 0 Å². The van der Waals surface area contributed by atoms with E-state index in [-0.39, 0.29) is 25.2 Å². The van der Waals surface area contributed by atoms with Crippen molar-refractivity contribution in [3.05, 3.63) is 122 Å². The highest BCUT2D eigenvalue weighted by Crippen LogP contribution is 2.16. The van der Waals surface area contributed by atoms with Crippen molar-refractivity contribution in [3.8, 4) is 0 Å². The number of unbranched alkanes of at least 4 members (excludes halogenated alkanes) is 24. The largest absolute Gasteiger partial charge is 0.462 e. The summed E-state index contributed by atoms with van der Waals surface area (Å²) in [6, 6.07) is 0. The van der Waals surface area contributed by atoms with E-state index in [0.717, 1.165) is 103 Å². The average Bonchev–Trinajstić information content (AvgIpc) is 3.36. The van der Waals surface area contributed by atoms with Gasteiger partial charge in [0.05, 0.1) is 6.61 Å². The highest BCUT2D eigenvalue weighted by atomic mass is 16.6. The van der Waals surface area contributed by atoms with Gasteiger partial charge in [0.1, 0.15) is 6.61 Å². The zero-order valence-corrected chi connectivity index (χ0v) is 45.5. The number of aliphatic hydroxyl groups is 1. The third-order valence-electron chi connectivity index (χ3n) is 12.3. The maximum atomic E-state index is 12.3. The molecular formula is C65H108O5. The number of hydrogen-bond donors (Lipinski definition) is 1. The van der Waals surface area contributed by atoms with E-state index in [4.69, 9.17) is 9.47 Å². The molecule has 1 unspecified atom stereocenters. The van der Waals surface area contributed by atoms with E-state index in [1.807, 2.05) is 0 Å². The summed E-state index contributed by atoms with van der Waals surface area (Å²) < 4.78 is 10.7. The van der Waals surface area contributed by atoms with Gasteiger partial charge >= 0.3 is 11.9 Å². The first kappa shape index (κ1) is 66.3. The summed E-state index contributed by atoms with van der Waals surface area (Å²) in [4.78, 5) is 24.5. The summed E-state index contributed by atoms with van der Waals surface area (Å²) in [6.07, 6.45) is 87.5. The highest BCUT2D eigenvalue weighted by Gasteiger charge is 2.16. The predicted molar refractivity (Wildman–Crippen MR) is 306 cm³/mol. The van der Waals surface area contributed by atoms with E-state index in [0.29, 0.717) is 12.8 Å². The fourth-order valence-electron chi connectivity index (χ4n) is 7.94. The molecule has 1 N–H and O–H groups in total. The van der Waals surface area contributed by atoms with E-state index in [1.165, 1.54) is 128 Å². The second-order valence-electron chi connectivity index (χ2n) is 19.0. The van der Waals surface area contributed by atoms with Crippen molar-refractivity contribution in [2.24, 2.45) is 0 Å². The Hall–Kier alpha value is -3.70. The first-order valence-corrected chi connectivity index (χ1v) is 29.1. The number of hydrogen-bond acceptors (Lipinski definition) is 5. The third kappa shape index (κ3) is 56.9. The Kier molecular flexibility index (Phi) is 56.5. The summed E-state index contributed by atoms with van der Waals surface area (Å²) in [5.41, 5.74) is 0. The number of aliphatic hydroxyl groups excluding tert-OH is 1. The van der Waals surface area contributed by atoms with Crippen LogP contribution in [-0.2, 0) is 19.1 Å². The van der Waals surface area contributed by atoms with Gasteiger partial charge in [0, 0.05) is 12.8 Å². The Morgan fingerprint density at radius 2 is 0.614 bits per heavy atom. The van der Waals surface area contributed by atoms with Crippen LogP contribution in [0, 0.1) is 0 Å². The Morgan fingerprint density at radius 3 is 0.929 bits per heavy atom. The first-order chi connectivity index (χ1) is 34.6. The molecule has 0 aliphatic rings. The van der Waals surface area contributed by atoms with Gasteiger partial charge in [-0.2, -0.15) is 0 Å². The van der Waals surface area contributed by atoms with Gasteiger partial charge in [-0.15, -0.1) is 0 Å². The molecule has 0 rings (SSSR count). The summed E-state index contributed by atoms with van der Waals surface area (Å²) in [7, 11) is 0. The fourth-order valence-corrected chi connectivity index (χ4v) is 7.94. The summed E-state index contributed by atoms with van der Waals surface area (Å²) in [6.45, 7) is 4.01. The molecule has 0 aromatic carbocycles. The van der Waals surface area contributed by atoms with Crippen LogP contribution in [0.3, 0.4) is 0 Å². The molecule has 0 aromatic heterocycles. The van der Waals surface area contributed by atoms with Crippen LogP contribution in [0.15, 0.2) is 122 Å². The van der Waals surface area contributed by atoms with Crippen molar-refractivity contribution >= 4 is 11.9 Å². The van der Waals surface area contributed by atoms with Crippen LogP contribution in [0.1, 0.15) is 258 Å². The van der Waals surface area contributed by atoms with Crippen molar-refractivity contribution < 1.29 is 24.2 Å². The van der Waals surface area contributed by atoms with Crippen LogP contribution in [0.5, 0.6) is 0 Å². The van der Waals surface area contributed by atoms with Gasteiger partial charge in [-0.05, 0) is 89.9 Å². The average molecular weight is 970 g/mol. The van der Waals surface area contributed by atoms with Crippen LogP contribution in [0.25, 0.3) is 0 Å². The molecular weight excluding hydrogens is 861 g/mol. The summed E-state index contributed by atoms with van der Waals surface area (Å²) in [5, 5.41) is 9.65. The lowest BCUT2D eigenvalue weighted by atomic mass is 10.0. The molecule has 0 amide bonds. The first-order valence-electron chi connectivity index (χ1n) is 29.1. The fraction of sp³-hybridized carbons (Fsp3) is 0.662. The quantitative estimate of drug-likeness (QED) is 0.0374. The number of allylic oxidation sites excluding steroid dienone is 20. The Bertz CT molecular complexity index is 1420. The Balaban J connectivity index is 3.63. The number of esters is 2. The van der Waals surface area contributed by atoms with E-state index in [1.54, 1.807) is 0 Å². The zero-order chi connectivity index (χ0) is 50.6. The Morgan fingerprint density at radius 1 is 0.343 bits per heavy atom. The molecule has 70 heavy (non-hydrogen) atoms. The van der Waals surface area contributed by atoms with Gasteiger partial charge in [0.25, 0.3) is 0 Å². The van der Waals surface area contributed by atoms with Crippen LogP contribution in [0.4, 0.5) is 0 Å². The van der Waals surface area contributed by atoms with Crippen molar-refractivity contribution in [1.82, 2.24) is 0 Å². The van der Waals surface area contributed by atoms with Gasteiger partial charge in [-0.3, -0.25) is 9.59 Å². The van der Waals surface area contributed by atoms with Gasteiger partial charge in [-0.1, -0.05) is 277 Å². The lowest BCUT2D eigenvalue weighted by molar-refractivity contribution is -0.161. The molecule has 0 aliphatic heterocycles. The molecule has 0 saturated carbocycles. The third-order valence-corrected chi connectivity index (χ3v) is 12.3. The molecule has 398 valence electrons. The SMILES string of the molecule is CC/C=C\C/C=C\C/C=C\C/C=C\C/C=C\C/C=C\C/C=C\C/C=C\C/C=C\C/C=C\CCCCC(=O)OC(CO)COC(=O)CCCCCCCCCCCCCCCCCCCCCCCCC. The minimum absolute atomic E-state index is 0.0880. The molecule has 5 nitrogen and oxygen atoms in total. The van der Waals surface area contributed by atoms with Gasteiger partial charge in [-0.25, -0.2) is 0 Å². The summed E-state index contributed by atoms with van der Waals surface area (Å²) in [5.74, 6) is -0.641. The maximum Gasteiger partial charge on any atom is 0.306 e. The van der Waals surface area contributed by atoms with Gasteiger partial charge in [0.2, 0.25) is 0 Å².